The molecule has 80 valence electrons. The topological polar surface area (TPSA) is 35.5 Å². The maximum Gasteiger partial charge on any atom is 0.369 e. The van der Waals surface area contributed by atoms with Gasteiger partial charge in [-0.25, -0.2) is 9.18 Å². The molecule has 0 aromatic carbocycles. The fourth-order valence-electron chi connectivity index (χ4n) is 0.861. The standard InChI is InChI=1S/C8H9F3O3/c1-4(2)7(12)13-3-5-6(9)14-8(5,10)11/h5-6H,1,3H2,2H3. The van der Waals surface area contributed by atoms with E-state index in [0.717, 1.165) is 0 Å². The lowest BCUT2D eigenvalue weighted by molar-refractivity contribution is -0.428. The minimum Gasteiger partial charge on any atom is -0.461 e. The molecule has 0 spiro atoms. The first-order valence-electron chi connectivity index (χ1n) is 3.87. The molecule has 1 saturated heterocycles. The summed E-state index contributed by atoms with van der Waals surface area (Å²) in [5.41, 5.74) is 0.0731. The van der Waals surface area contributed by atoms with E-state index in [2.05, 4.69) is 16.1 Å². The van der Waals surface area contributed by atoms with Gasteiger partial charge in [0.2, 0.25) is 6.36 Å². The largest absolute Gasteiger partial charge is 0.461 e. The minimum absolute atomic E-state index is 0.0731. The molecule has 0 bridgehead atoms. The monoisotopic (exact) mass is 210 g/mol. The van der Waals surface area contributed by atoms with Crippen molar-refractivity contribution in [2.45, 2.75) is 19.4 Å². The van der Waals surface area contributed by atoms with E-state index in [1.165, 1.54) is 6.92 Å². The maximum atomic E-state index is 12.4. The Hall–Kier alpha value is -1.04. The normalized spacial score (nSPS) is 29.1. The van der Waals surface area contributed by atoms with E-state index >= 15 is 0 Å². The Balaban J connectivity index is 2.38. The molecule has 0 saturated carbocycles. The van der Waals surface area contributed by atoms with Crippen LogP contribution in [0.25, 0.3) is 0 Å². The maximum absolute atomic E-state index is 12.4. The van der Waals surface area contributed by atoms with Gasteiger partial charge in [0.15, 0.2) is 0 Å². The van der Waals surface area contributed by atoms with Gasteiger partial charge in [-0.3, -0.25) is 4.74 Å². The molecular weight excluding hydrogens is 201 g/mol. The van der Waals surface area contributed by atoms with Crippen molar-refractivity contribution in [1.29, 1.82) is 0 Å². The lowest BCUT2D eigenvalue weighted by Gasteiger charge is -2.38. The molecule has 3 nitrogen and oxygen atoms in total. The Labute approximate surface area is 78.5 Å². The Bertz CT molecular complexity index is 265. The number of rotatable bonds is 3. The second-order valence-electron chi connectivity index (χ2n) is 3.02. The van der Waals surface area contributed by atoms with Crippen LogP contribution in [-0.2, 0) is 14.3 Å². The van der Waals surface area contributed by atoms with Crippen molar-refractivity contribution >= 4 is 5.97 Å². The molecule has 0 radical (unpaired) electrons. The smallest absolute Gasteiger partial charge is 0.369 e. The summed E-state index contributed by atoms with van der Waals surface area (Å²) >= 11 is 0. The lowest BCUT2D eigenvalue weighted by Crippen LogP contribution is -2.54. The second-order valence-corrected chi connectivity index (χ2v) is 3.02. The van der Waals surface area contributed by atoms with Crippen LogP contribution in [-0.4, -0.2) is 25.0 Å². The number of esters is 1. The zero-order valence-corrected chi connectivity index (χ0v) is 7.43. The lowest BCUT2D eigenvalue weighted by atomic mass is 10.1. The third kappa shape index (κ3) is 2.06. The summed E-state index contributed by atoms with van der Waals surface area (Å²) < 4.78 is 45.2. The molecule has 0 aromatic heterocycles. The first kappa shape index (κ1) is 11.0. The first-order chi connectivity index (χ1) is 6.34. The van der Waals surface area contributed by atoms with Crippen molar-refractivity contribution in [2.75, 3.05) is 6.61 Å². The van der Waals surface area contributed by atoms with E-state index in [0.29, 0.717) is 0 Å². The number of hydrogen-bond donors (Lipinski definition) is 0. The number of ether oxygens (including phenoxy) is 2. The van der Waals surface area contributed by atoms with Gasteiger partial charge in [-0.2, -0.15) is 8.78 Å². The van der Waals surface area contributed by atoms with Crippen molar-refractivity contribution in [3.8, 4) is 0 Å². The molecule has 1 aliphatic heterocycles. The van der Waals surface area contributed by atoms with Gasteiger partial charge in [0.1, 0.15) is 12.5 Å². The van der Waals surface area contributed by atoms with E-state index < -0.39 is 31.0 Å². The van der Waals surface area contributed by atoms with Crippen LogP contribution in [0.15, 0.2) is 12.2 Å². The summed E-state index contributed by atoms with van der Waals surface area (Å²) in [6.07, 6.45) is -5.63. The molecule has 1 rings (SSSR count). The van der Waals surface area contributed by atoms with Crippen LogP contribution in [0.5, 0.6) is 0 Å². The van der Waals surface area contributed by atoms with Crippen LogP contribution in [0.3, 0.4) is 0 Å². The molecule has 1 fully saturated rings. The second kappa shape index (κ2) is 3.61. The zero-order valence-electron chi connectivity index (χ0n) is 7.43. The van der Waals surface area contributed by atoms with E-state index in [1.54, 1.807) is 0 Å². The molecule has 1 aliphatic rings. The predicted molar refractivity (Wildman–Crippen MR) is 40.2 cm³/mol. The van der Waals surface area contributed by atoms with E-state index in [1.807, 2.05) is 0 Å². The SMILES string of the molecule is C=C(C)C(=O)OCC1C(F)OC1(F)F. The van der Waals surface area contributed by atoms with Crippen LogP contribution in [0.4, 0.5) is 13.2 Å². The number of carbonyl (C=O) groups is 1. The van der Waals surface area contributed by atoms with Crippen molar-refractivity contribution in [2.24, 2.45) is 5.92 Å². The highest BCUT2D eigenvalue weighted by Gasteiger charge is 2.59. The Kier molecular flexibility index (Phi) is 2.84. The van der Waals surface area contributed by atoms with Crippen molar-refractivity contribution in [3.63, 3.8) is 0 Å². The van der Waals surface area contributed by atoms with Gasteiger partial charge in [0.25, 0.3) is 0 Å². The summed E-state index contributed by atoms with van der Waals surface area (Å²) in [5.74, 6) is -2.54. The highest BCUT2D eigenvalue weighted by Crippen LogP contribution is 2.42. The predicted octanol–water partition coefficient (Wildman–Crippen LogP) is 1.64. The summed E-state index contributed by atoms with van der Waals surface area (Å²) in [4.78, 5) is 10.8. The first-order valence-corrected chi connectivity index (χ1v) is 3.87. The Morgan fingerprint density at radius 3 is 2.57 bits per heavy atom. The van der Waals surface area contributed by atoms with Crippen LogP contribution in [0, 0.1) is 5.92 Å². The number of alkyl halides is 3. The number of halogens is 3. The van der Waals surface area contributed by atoms with Gasteiger partial charge in [-0.05, 0) is 6.92 Å². The molecule has 14 heavy (non-hydrogen) atoms. The van der Waals surface area contributed by atoms with Crippen LogP contribution in [0.2, 0.25) is 0 Å². The Morgan fingerprint density at radius 1 is 1.64 bits per heavy atom. The van der Waals surface area contributed by atoms with Gasteiger partial charge < -0.3 is 4.74 Å². The molecule has 0 aliphatic carbocycles. The fourth-order valence-corrected chi connectivity index (χ4v) is 0.861. The quantitative estimate of drug-likeness (QED) is 0.524. The summed E-state index contributed by atoms with van der Waals surface area (Å²) in [6, 6.07) is 0. The molecule has 2 atom stereocenters. The molecule has 2 unspecified atom stereocenters. The molecule has 0 amide bonds. The van der Waals surface area contributed by atoms with Crippen LogP contribution < -0.4 is 0 Å². The van der Waals surface area contributed by atoms with Crippen LogP contribution >= 0.6 is 0 Å². The van der Waals surface area contributed by atoms with E-state index in [9.17, 15) is 18.0 Å². The minimum atomic E-state index is -3.55. The summed E-state index contributed by atoms with van der Waals surface area (Å²) in [6.45, 7) is 3.90. The molecular formula is C8H9F3O3. The molecule has 0 aromatic rings. The van der Waals surface area contributed by atoms with Gasteiger partial charge in [-0.1, -0.05) is 6.58 Å². The third-order valence-electron chi connectivity index (χ3n) is 1.76. The highest BCUT2D eigenvalue weighted by atomic mass is 19.3. The molecule has 0 N–H and O–H groups in total. The average molecular weight is 210 g/mol. The van der Waals surface area contributed by atoms with Crippen molar-refractivity contribution in [1.82, 2.24) is 0 Å². The van der Waals surface area contributed by atoms with Crippen molar-refractivity contribution < 1.29 is 27.4 Å². The van der Waals surface area contributed by atoms with E-state index in [-0.39, 0.29) is 5.57 Å². The van der Waals surface area contributed by atoms with Crippen molar-refractivity contribution in [3.05, 3.63) is 12.2 Å². The average Bonchev–Trinajstić information content (AvgIpc) is 2.02. The Morgan fingerprint density at radius 2 is 2.21 bits per heavy atom. The highest BCUT2D eigenvalue weighted by molar-refractivity contribution is 5.86. The van der Waals surface area contributed by atoms with Gasteiger partial charge in [-0.15, -0.1) is 0 Å². The molecule has 1 heterocycles. The van der Waals surface area contributed by atoms with Crippen LogP contribution in [0.1, 0.15) is 6.92 Å². The fraction of sp³-hybridized carbons (Fsp3) is 0.625. The zero-order chi connectivity index (χ0) is 10.9. The number of carbonyl (C=O) groups excluding carboxylic acids is 1. The molecule has 6 heteroatoms. The van der Waals surface area contributed by atoms with Gasteiger partial charge in [0, 0.05) is 5.57 Å². The van der Waals surface area contributed by atoms with Gasteiger partial charge >= 0.3 is 12.1 Å². The summed E-state index contributed by atoms with van der Waals surface area (Å²) in [5, 5.41) is 0. The van der Waals surface area contributed by atoms with E-state index in [4.69, 9.17) is 0 Å². The number of hydrogen-bond acceptors (Lipinski definition) is 3. The third-order valence-corrected chi connectivity index (χ3v) is 1.76. The summed E-state index contributed by atoms with van der Waals surface area (Å²) in [7, 11) is 0. The van der Waals surface area contributed by atoms with Gasteiger partial charge in [0.05, 0.1) is 0 Å².